The maximum atomic E-state index is 11.0. The van der Waals surface area contributed by atoms with Gasteiger partial charge in [0.15, 0.2) is 5.89 Å². The Labute approximate surface area is 76.5 Å². The number of hydrogen-bond acceptors (Lipinski definition) is 4. The first kappa shape index (κ1) is 9.73. The van der Waals surface area contributed by atoms with Crippen molar-refractivity contribution in [1.29, 1.82) is 0 Å². The molecule has 0 aromatic carbocycles. The summed E-state index contributed by atoms with van der Waals surface area (Å²) in [5.74, 6) is 0.588. The van der Waals surface area contributed by atoms with Gasteiger partial charge in [-0.05, 0) is 7.05 Å². The Bertz CT molecular complexity index is 283. The van der Waals surface area contributed by atoms with Crippen LogP contribution in [0.25, 0.3) is 0 Å². The SMILES string of the molecule is CNCCc1ncc(C(=O)NC)o1. The highest BCUT2D eigenvalue weighted by atomic mass is 16.4. The number of amides is 1. The number of likely N-dealkylation sites (N-methyl/N-ethyl adjacent to an activating group) is 1. The van der Waals surface area contributed by atoms with Gasteiger partial charge in [-0.15, -0.1) is 0 Å². The number of rotatable bonds is 4. The zero-order chi connectivity index (χ0) is 9.68. The van der Waals surface area contributed by atoms with Crippen LogP contribution in [0.15, 0.2) is 10.6 Å². The second kappa shape index (κ2) is 4.61. The van der Waals surface area contributed by atoms with E-state index in [-0.39, 0.29) is 11.7 Å². The van der Waals surface area contributed by atoms with Crippen molar-refractivity contribution in [3.63, 3.8) is 0 Å². The maximum Gasteiger partial charge on any atom is 0.288 e. The van der Waals surface area contributed by atoms with Crippen molar-refractivity contribution in [3.8, 4) is 0 Å². The van der Waals surface area contributed by atoms with Crippen LogP contribution < -0.4 is 10.6 Å². The highest BCUT2D eigenvalue weighted by Crippen LogP contribution is 2.03. The fraction of sp³-hybridized carbons (Fsp3) is 0.500. The Morgan fingerprint density at radius 3 is 3.00 bits per heavy atom. The molecule has 72 valence electrons. The quantitative estimate of drug-likeness (QED) is 0.678. The monoisotopic (exact) mass is 183 g/mol. The van der Waals surface area contributed by atoms with Crippen LogP contribution in [0, 0.1) is 0 Å². The summed E-state index contributed by atoms with van der Waals surface area (Å²) >= 11 is 0. The zero-order valence-corrected chi connectivity index (χ0v) is 7.76. The van der Waals surface area contributed by atoms with Gasteiger partial charge in [0.1, 0.15) is 0 Å². The summed E-state index contributed by atoms with van der Waals surface area (Å²) in [7, 11) is 3.40. The van der Waals surface area contributed by atoms with E-state index in [4.69, 9.17) is 4.42 Å². The van der Waals surface area contributed by atoms with Gasteiger partial charge < -0.3 is 15.1 Å². The average molecular weight is 183 g/mol. The summed E-state index contributed by atoms with van der Waals surface area (Å²) < 4.78 is 5.18. The molecule has 0 saturated heterocycles. The lowest BCUT2D eigenvalue weighted by Crippen LogP contribution is -2.16. The third-order valence-corrected chi connectivity index (χ3v) is 1.59. The van der Waals surface area contributed by atoms with Gasteiger partial charge in [0.25, 0.3) is 5.91 Å². The fourth-order valence-corrected chi connectivity index (χ4v) is 0.886. The van der Waals surface area contributed by atoms with Crippen LogP contribution in [0.2, 0.25) is 0 Å². The summed E-state index contributed by atoms with van der Waals surface area (Å²) in [4.78, 5) is 15.0. The van der Waals surface area contributed by atoms with E-state index in [0.717, 1.165) is 6.54 Å². The van der Waals surface area contributed by atoms with E-state index in [9.17, 15) is 4.79 Å². The lowest BCUT2D eigenvalue weighted by Gasteiger charge is -1.94. The van der Waals surface area contributed by atoms with Gasteiger partial charge in [0.05, 0.1) is 6.20 Å². The van der Waals surface area contributed by atoms with Crippen molar-refractivity contribution >= 4 is 5.91 Å². The molecule has 1 aromatic heterocycles. The van der Waals surface area contributed by atoms with Crippen LogP contribution in [0.3, 0.4) is 0 Å². The predicted octanol–water partition coefficient (Wildman–Crippen LogP) is -0.204. The molecule has 0 fully saturated rings. The molecule has 13 heavy (non-hydrogen) atoms. The predicted molar refractivity (Wildman–Crippen MR) is 47.5 cm³/mol. The summed E-state index contributed by atoms with van der Waals surface area (Å²) in [5.41, 5.74) is 0. The number of carbonyl (C=O) groups excluding carboxylic acids is 1. The van der Waals surface area contributed by atoms with Crippen LogP contribution in [0.1, 0.15) is 16.4 Å². The molecule has 5 nitrogen and oxygen atoms in total. The molecule has 1 amide bonds. The third kappa shape index (κ3) is 2.55. The van der Waals surface area contributed by atoms with Crippen molar-refractivity contribution in [2.24, 2.45) is 0 Å². The van der Waals surface area contributed by atoms with Crippen molar-refractivity contribution in [2.75, 3.05) is 20.6 Å². The molecule has 1 rings (SSSR count). The first-order valence-electron chi connectivity index (χ1n) is 4.09. The molecule has 0 aliphatic rings. The van der Waals surface area contributed by atoms with E-state index < -0.39 is 0 Å². The zero-order valence-electron chi connectivity index (χ0n) is 7.76. The molecular formula is C8H13N3O2. The van der Waals surface area contributed by atoms with E-state index in [2.05, 4.69) is 15.6 Å². The Kier molecular flexibility index (Phi) is 3.45. The van der Waals surface area contributed by atoms with Crippen molar-refractivity contribution in [1.82, 2.24) is 15.6 Å². The van der Waals surface area contributed by atoms with Gasteiger partial charge in [-0.25, -0.2) is 4.98 Å². The number of aromatic nitrogens is 1. The summed E-state index contributed by atoms with van der Waals surface area (Å²) in [6.07, 6.45) is 2.12. The fourth-order valence-electron chi connectivity index (χ4n) is 0.886. The topological polar surface area (TPSA) is 67.2 Å². The van der Waals surface area contributed by atoms with Gasteiger partial charge in [-0.1, -0.05) is 0 Å². The van der Waals surface area contributed by atoms with Crippen LogP contribution in [0.4, 0.5) is 0 Å². The summed E-state index contributed by atoms with van der Waals surface area (Å²) in [6.45, 7) is 0.785. The van der Waals surface area contributed by atoms with Crippen molar-refractivity contribution in [3.05, 3.63) is 17.8 Å². The normalized spacial score (nSPS) is 10.0. The van der Waals surface area contributed by atoms with E-state index in [1.165, 1.54) is 6.20 Å². The minimum Gasteiger partial charge on any atom is -0.436 e. The molecule has 0 radical (unpaired) electrons. The second-order valence-corrected chi connectivity index (χ2v) is 2.55. The second-order valence-electron chi connectivity index (χ2n) is 2.55. The highest BCUT2D eigenvalue weighted by Gasteiger charge is 2.09. The molecule has 5 heteroatoms. The molecule has 0 spiro atoms. The maximum absolute atomic E-state index is 11.0. The molecule has 0 aliphatic heterocycles. The molecule has 0 aliphatic carbocycles. The Morgan fingerprint density at radius 1 is 1.62 bits per heavy atom. The lowest BCUT2D eigenvalue weighted by atomic mass is 10.4. The number of carbonyl (C=O) groups is 1. The number of nitrogens with one attached hydrogen (secondary N) is 2. The third-order valence-electron chi connectivity index (χ3n) is 1.59. The Balaban J connectivity index is 2.58. The molecule has 0 unspecified atom stereocenters. The largest absolute Gasteiger partial charge is 0.436 e. The number of hydrogen-bond donors (Lipinski definition) is 2. The molecule has 0 atom stereocenters. The van der Waals surface area contributed by atoms with E-state index >= 15 is 0 Å². The van der Waals surface area contributed by atoms with Gasteiger partial charge in [-0.3, -0.25) is 4.79 Å². The van der Waals surface area contributed by atoms with Crippen molar-refractivity contribution in [2.45, 2.75) is 6.42 Å². The molecule has 2 N–H and O–H groups in total. The minimum atomic E-state index is -0.247. The first-order valence-corrected chi connectivity index (χ1v) is 4.09. The molecule has 1 heterocycles. The minimum absolute atomic E-state index is 0.247. The summed E-state index contributed by atoms with van der Waals surface area (Å²) in [6, 6.07) is 0. The van der Waals surface area contributed by atoms with Gasteiger partial charge in [0.2, 0.25) is 5.76 Å². The van der Waals surface area contributed by atoms with Crippen LogP contribution >= 0.6 is 0 Å². The number of nitrogens with zero attached hydrogens (tertiary/aromatic N) is 1. The highest BCUT2D eigenvalue weighted by molar-refractivity contribution is 5.90. The summed E-state index contributed by atoms with van der Waals surface area (Å²) in [5, 5.41) is 5.43. The first-order chi connectivity index (χ1) is 6.27. The van der Waals surface area contributed by atoms with Gasteiger partial charge in [0, 0.05) is 20.0 Å². The van der Waals surface area contributed by atoms with Crippen LogP contribution in [0.5, 0.6) is 0 Å². The van der Waals surface area contributed by atoms with E-state index in [1.807, 2.05) is 7.05 Å². The smallest absolute Gasteiger partial charge is 0.288 e. The van der Waals surface area contributed by atoms with E-state index in [1.54, 1.807) is 7.05 Å². The van der Waals surface area contributed by atoms with Crippen LogP contribution in [-0.2, 0) is 6.42 Å². The lowest BCUT2D eigenvalue weighted by molar-refractivity contribution is 0.0934. The standard InChI is InChI=1S/C8H13N3O2/c1-9-4-3-7-11-5-6(13-7)8(12)10-2/h5,9H,3-4H2,1-2H3,(H,10,12). The van der Waals surface area contributed by atoms with E-state index in [0.29, 0.717) is 12.3 Å². The van der Waals surface area contributed by atoms with Gasteiger partial charge in [-0.2, -0.15) is 0 Å². The number of oxazole rings is 1. The Morgan fingerprint density at radius 2 is 2.38 bits per heavy atom. The van der Waals surface area contributed by atoms with Crippen LogP contribution in [-0.4, -0.2) is 31.5 Å². The molecule has 1 aromatic rings. The molecule has 0 bridgehead atoms. The Hall–Kier alpha value is -1.36. The van der Waals surface area contributed by atoms with Crippen molar-refractivity contribution < 1.29 is 9.21 Å². The van der Waals surface area contributed by atoms with Gasteiger partial charge >= 0.3 is 0 Å². The molecule has 0 saturated carbocycles. The average Bonchev–Trinajstić information content (AvgIpc) is 2.62. The molecular weight excluding hydrogens is 170 g/mol.